The van der Waals surface area contributed by atoms with Crippen LogP contribution in [-0.2, 0) is 11.2 Å². The highest BCUT2D eigenvalue weighted by Crippen LogP contribution is 2.25. The van der Waals surface area contributed by atoms with Gasteiger partial charge in [-0.3, -0.25) is 4.90 Å². The fraction of sp³-hybridized carbons (Fsp3) is 0.667. The molecule has 0 amide bonds. The van der Waals surface area contributed by atoms with Crippen molar-refractivity contribution < 1.29 is 4.74 Å². The Kier molecular flexibility index (Phi) is 4.94. The zero-order valence-corrected chi connectivity index (χ0v) is 13.3. The molecule has 0 saturated carbocycles. The minimum atomic E-state index is 0.384. The van der Waals surface area contributed by atoms with Gasteiger partial charge < -0.3 is 10.1 Å². The summed E-state index contributed by atoms with van der Waals surface area (Å²) in [5.41, 5.74) is 1.43. The van der Waals surface area contributed by atoms with Crippen LogP contribution in [0.3, 0.4) is 0 Å². The van der Waals surface area contributed by atoms with E-state index in [0.29, 0.717) is 24.2 Å². The van der Waals surface area contributed by atoms with Gasteiger partial charge in [0.05, 0.1) is 6.10 Å². The molecule has 116 valence electrons. The minimum absolute atomic E-state index is 0.384. The second-order valence-electron chi connectivity index (χ2n) is 6.49. The Morgan fingerprint density at radius 2 is 2.10 bits per heavy atom. The molecule has 3 nitrogen and oxygen atoms in total. The van der Waals surface area contributed by atoms with E-state index >= 15 is 0 Å². The first-order valence-corrected chi connectivity index (χ1v) is 8.42. The Labute approximate surface area is 128 Å². The molecule has 3 rings (SSSR count). The number of rotatable bonds is 4. The number of hydrogen-bond donors (Lipinski definition) is 1. The highest BCUT2D eigenvalue weighted by molar-refractivity contribution is 5.16. The van der Waals surface area contributed by atoms with E-state index in [9.17, 15) is 0 Å². The van der Waals surface area contributed by atoms with Gasteiger partial charge in [-0.15, -0.1) is 0 Å². The molecule has 2 heterocycles. The van der Waals surface area contributed by atoms with Crippen LogP contribution in [0, 0.1) is 0 Å². The second-order valence-corrected chi connectivity index (χ2v) is 6.49. The smallest absolute Gasteiger partial charge is 0.0703 e. The van der Waals surface area contributed by atoms with Crippen LogP contribution in [0.2, 0.25) is 0 Å². The third-order valence-electron chi connectivity index (χ3n) is 5.10. The molecule has 0 bridgehead atoms. The summed E-state index contributed by atoms with van der Waals surface area (Å²) in [4.78, 5) is 2.72. The third-order valence-corrected chi connectivity index (χ3v) is 5.10. The molecule has 2 fully saturated rings. The van der Waals surface area contributed by atoms with Gasteiger partial charge >= 0.3 is 0 Å². The Morgan fingerprint density at radius 3 is 2.76 bits per heavy atom. The summed E-state index contributed by atoms with van der Waals surface area (Å²) in [5, 5.41) is 3.75. The Bertz CT molecular complexity index is 436. The van der Waals surface area contributed by atoms with Gasteiger partial charge in [0.15, 0.2) is 0 Å². The number of piperazine rings is 1. The first kappa shape index (κ1) is 15.0. The molecule has 0 aromatic heterocycles. The number of nitrogens with zero attached hydrogens (tertiary/aromatic N) is 1. The Hall–Kier alpha value is -0.900. The van der Waals surface area contributed by atoms with Crippen LogP contribution in [0.25, 0.3) is 0 Å². The quantitative estimate of drug-likeness (QED) is 0.921. The van der Waals surface area contributed by atoms with Gasteiger partial charge in [0.1, 0.15) is 0 Å². The van der Waals surface area contributed by atoms with Crippen LogP contribution in [-0.4, -0.2) is 48.8 Å². The molecule has 1 N–H and O–H groups in total. The maximum absolute atomic E-state index is 5.80. The highest BCUT2D eigenvalue weighted by Gasteiger charge is 2.37. The van der Waals surface area contributed by atoms with E-state index in [1.165, 1.54) is 18.4 Å². The molecule has 2 saturated heterocycles. The predicted molar refractivity (Wildman–Crippen MR) is 86.5 cm³/mol. The van der Waals surface area contributed by atoms with Crippen LogP contribution < -0.4 is 5.32 Å². The molecule has 21 heavy (non-hydrogen) atoms. The van der Waals surface area contributed by atoms with Gasteiger partial charge in [-0.25, -0.2) is 0 Å². The lowest BCUT2D eigenvalue weighted by Crippen LogP contribution is -2.61. The van der Waals surface area contributed by atoms with Gasteiger partial charge in [-0.1, -0.05) is 37.3 Å². The summed E-state index contributed by atoms with van der Waals surface area (Å²) in [5.74, 6) is 0. The van der Waals surface area contributed by atoms with Crippen LogP contribution in [0.15, 0.2) is 30.3 Å². The molecule has 4 atom stereocenters. The molecule has 4 unspecified atom stereocenters. The summed E-state index contributed by atoms with van der Waals surface area (Å²) in [6, 6.07) is 12.7. The standard InChI is InChI=1S/C18H28N2O/c1-3-17-12-19-16(11-15-7-5-4-6-8-15)13-20(17)18-9-10-21-14(18)2/h4-8,14,16-19H,3,9-13H2,1-2H3. The van der Waals surface area contributed by atoms with Crippen LogP contribution in [0.5, 0.6) is 0 Å². The molecule has 1 aromatic carbocycles. The zero-order valence-electron chi connectivity index (χ0n) is 13.3. The van der Waals surface area contributed by atoms with Crippen LogP contribution in [0.1, 0.15) is 32.3 Å². The van der Waals surface area contributed by atoms with Crippen molar-refractivity contribution in [2.75, 3.05) is 19.7 Å². The average molecular weight is 288 g/mol. The topological polar surface area (TPSA) is 24.5 Å². The number of hydrogen-bond acceptors (Lipinski definition) is 3. The van der Waals surface area contributed by atoms with Gasteiger partial charge in [0.2, 0.25) is 0 Å². The van der Waals surface area contributed by atoms with Gasteiger partial charge in [0.25, 0.3) is 0 Å². The average Bonchev–Trinajstić information content (AvgIpc) is 2.94. The molecule has 0 radical (unpaired) electrons. The molecular weight excluding hydrogens is 260 g/mol. The summed E-state index contributed by atoms with van der Waals surface area (Å²) in [6.45, 7) is 7.72. The lowest BCUT2D eigenvalue weighted by molar-refractivity contribution is 0.0300. The molecule has 0 aliphatic carbocycles. The maximum atomic E-state index is 5.80. The van der Waals surface area contributed by atoms with E-state index in [1.54, 1.807) is 0 Å². The molecule has 2 aliphatic heterocycles. The first-order chi connectivity index (χ1) is 10.3. The van der Waals surface area contributed by atoms with Crippen molar-refractivity contribution in [2.45, 2.75) is 57.3 Å². The van der Waals surface area contributed by atoms with E-state index < -0.39 is 0 Å². The van der Waals surface area contributed by atoms with Gasteiger partial charge in [0, 0.05) is 37.8 Å². The number of nitrogens with one attached hydrogen (secondary N) is 1. The lowest BCUT2D eigenvalue weighted by atomic mass is 9.97. The van der Waals surface area contributed by atoms with Crippen molar-refractivity contribution in [2.24, 2.45) is 0 Å². The minimum Gasteiger partial charge on any atom is -0.377 e. The van der Waals surface area contributed by atoms with Crippen molar-refractivity contribution in [1.82, 2.24) is 10.2 Å². The van der Waals surface area contributed by atoms with Crippen LogP contribution >= 0.6 is 0 Å². The SMILES string of the molecule is CCC1CNC(Cc2ccccc2)CN1C1CCOC1C. The van der Waals surface area contributed by atoms with Gasteiger partial charge in [-0.2, -0.15) is 0 Å². The predicted octanol–water partition coefficient (Wildman–Crippen LogP) is 2.46. The van der Waals surface area contributed by atoms with Crippen molar-refractivity contribution in [1.29, 1.82) is 0 Å². The summed E-state index contributed by atoms with van der Waals surface area (Å²) in [6.07, 6.45) is 3.91. The Balaban J connectivity index is 1.66. The van der Waals surface area contributed by atoms with Crippen LogP contribution in [0.4, 0.5) is 0 Å². The van der Waals surface area contributed by atoms with E-state index in [2.05, 4.69) is 54.4 Å². The van der Waals surface area contributed by atoms with Crippen molar-refractivity contribution >= 4 is 0 Å². The maximum Gasteiger partial charge on any atom is 0.0703 e. The van der Waals surface area contributed by atoms with Crippen molar-refractivity contribution in [3.05, 3.63) is 35.9 Å². The number of benzene rings is 1. The molecule has 0 spiro atoms. The monoisotopic (exact) mass is 288 g/mol. The summed E-state index contributed by atoms with van der Waals surface area (Å²) < 4.78 is 5.80. The van der Waals surface area contributed by atoms with E-state index in [-0.39, 0.29) is 0 Å². The molecule has 2 aliphatic rings. The largest absolute Gasteiger partial charge is 0.377 e. The molecule has 1 aromatic rings. The van der Waals surface area contributed by atoms with E-state index in [1.807, 2.05) is 0 Å². The molecular formula is C18H28N2O. The zero-order chi connectivity index (χ0) is 14.7. The first-order valence-electron chi connectivity index (χ1n) is 8.42. The van der Waals surface area contributed by atoms with E-state index in [0.717, 1.165) is 26.1 Å². The fourth-order valence-corrected chi connectivity index (χ4v) is 3.86. The second kappa shape index (κ2) is 6.91. The van der Waals surface area contributed by atoms with Crippen molar-refractivity contribution in [3.8, 4) is 0 Å². The third kappa shape index (κ3) is 3.47. The van der Waals surface area contributed by atoms with E-state index in [4.69, 9.17) is 4.74 Å². The lowest BCUT2D eigenvalue weighted by Gasteiger charge is -2.44. The molecule has 3 heteroatoms. The van der Waals surface area contributed by atoms with Gasteiger partial charge in [-0.05, 0) is 31.7 Å². The Morgan fingerprint density at radius 1 is 1.29 bits per heavy atom. The summed E-state index contributed by atoms with van der Waals surface area (Å²) >= 11 is 0. The fourth-order valence-electron chi connectivity index (χ4n) is 3.86. The van der Waals surface area contributed by atoms with Crippen molar-refractivity contribution in [3.63, 3.8) is 0 Å². The normalized spacial score (nSPS) is 34.2. The summed E-state index contributed by atoms with van der Waals surface area (Å²) in [7, 11) is 0. The number of ether oxygens (including phenoxy) is 1. The highest BCUT2D eigenvalue weighted by atomic mass is 16.5.